The van der Waals surface area contributed by atoms with Crippen LogP contribution in [0, 0.1) is 11.6 Å². The maximum absolute atomic E-state index is 13.1. The summed E-state index contributed by atoms with van der Waals surface area (Å²) in [6.45, 7) is 0.881. The lowest BCUT2D eigenvalue weighted by molar-refractivity contribution is -0.118. The lowest BCUT2D eigenvalue weighted by atomic mass is 10.1. The van der Waals surface area contributed by atoms with Crippen molar-refractivity contribution >= 4 is 17.7 Å². The van der Waals surface area contributed by atoms with Gasteiger partial charge in [0.15, 0.2) is 11.6 Å². The van der Waals surface area contributed by atoms with Gasteiger partial charge in [0, 0.05) is 18.6 Å². The molecule has 0 saturated carbocycles. The van der Waals surface area contributed by atoms with Gasteiger partial charge < -0.3 is 10.1 Å². The molecule has 3 nitrogen and oxygen atoms in total. The Morgan fingerprint density at radius 3 is 2.57 bits per heavy atom. The van der Waals surface area contributed by atoms with E-state index in [1.54, 1.807) is 7.11 Å². The van der Waals surface area contributed by atoms with Crippen LogP contribution in [-0.4, -0.2) is 18.8 Å². The first-order valence-electron chi connectivity index (χ1n) is 7.00. The van der Waals surface area contributed by atoms with Crippen molar-refractivity contribution in [1.29, 1.82) is 0 Å². The molecular weight excluding hydrogens is 320 g/mol. The number of hydrogen-bond acceptors (Lipinski definition) is 3. The summed E-state index contributed by atoms with van der Waals surface area (Å²) in [5, 5.41) is 2.81. The topological polar surface area (TPSA) is 38.3 Å². The number of thioether (sulfide) groups is 1. The van der Waals surface area contributed by atoms with Crippen molar-refractivity contribution in [2.75, 3.05) is 12.9 Å². The molecule has 0 unspecified atom stereocenters. The number of carbonyl (C=O) groups excluding carboxylic acids is 1. The van der Waals surface area contributed by atoms with Crippen molar-refractivity contribution in [1.82, 2.24) is 5.32 Å². The molecule has 1 amide bonds. The first-order valence-corrected chi connectivity index (χ1v) is 7.99. The van der Waals surface area contributed by atoms with E-state index in [4.69, 9.17) is 4.74 Å². The SMILES string of the molecule is COCc1ccccc1CNC(=O)CSc1ccc(F)c(F)c1. The van der Waals surface area contributed by atoms with Gasteiger partial charge in [0.25, 0.3) is 0 Å². The zero-order valence-electron chi connectivity index (χ0n) is 12.6. The molecule has 2 aromatic rings. The van der Waals surface area contributed by atoms with E-state index in [1.807, 2.05) is 24.3 Å². The first-order chi connectivity index (χ1) is 11.1. The molecule has 2 rings (SSSR count). The summed E-state index contributed by atoms with van der Waals surface area (Å²) in [5.41, 5.74) is 2.00. The van der Waals surface area contributed by atoms with E-state index in [9.17, 15) is 13.6 Å². The molecule has 0 spiro atoms. The molecule has 1 N–H and O–H groups in total. The van der Waals surface area contributed by atoms with Crippen LogP contribution in [0.5, 0.6) is 0 Å². The highest BCUT2D eigenvalue weighted by Gasteiger charge is 2.07. The number of halogens is 2. The number of methoxy groups -OCH3 is 1. The van der Waals surface area contributed by atoms with Crippen LogP contribution in [0.15, 0.2) is 47.4 Å². The van der Waals surface area contributed by atoms with Gasteiger partial charge in [0.1, 0.15) is 0 Å². The largest absolute Gasteiger partial charge is 0.380 e. The Morgan fingerprint density at radius 1 is 1.13 bits per heavy atom. The molecule has 2 aromatic carbocycles. The Balaban J connectivity index is 1.84. The molecule has 23 heavy (non-hydrogen) atoms. The second kappa shape index (κ2) is 8.64. The van der Waals surface area contributed by atoms with Crippen LogP contribution in [0.4, 0.5) is 8.78 Å². The van der Waals surface area contributed by atoms with Gasteiger partial charge in [-0.05, 0) is 29.3 Å². The molecule has 0 aliphatic heterocycles. The molecule has 0 heterocycles. The maximum atomic E-state index is 13.1. The van der Waals surface area contributed by atoms with Crippen molar-refractivity contribution in [3.63, 3.8) is 0 Å². The number of nitrogens with one attached hydrogen (secondary N) is 1. The van der Waals surface area contributed by atoms with Gasteiger partial charge in [-0.15, -0.1) is 11.8 Å². The number of rotatable bonds is 7. The van der Waals surface area contributed by atoms with Crippen molar-refractivity contribution < 1.29 is 18.3 Å². The monoisotopic (exact) mass is 337 g/mol. The van der Waals surface area contributed by atoms with E-state index in [1.165, 1.54) is 6.07 Å². The van der Waals surface area contributed by atoms with Crippen LogP contribution in [0.2, 0.25) is 0 Å². The minimum atomic E-state index is -0.913. The van der Waals surface area contributed by atoms with Crippen LogP contribution in [0.25, 0.3) is 0 Å². The highest BCUT2D eigenvalue weighted by Crippen LogP contribution is 2.20. The highest BCUT2D eigenvalue weighted by molar-refractivity contribution is 8.00. The molecule has 0 aliphatic rings. The lowest BCUT2D eigenvalue weighted by Gasteiger charge is -2.10. The number of benzene rings is 2. The van der Waals surface area contributed by atoms with Crippen molar-refractivity contribution in [2.24, 2.45) is 0 Å². The zero-order valence-corrected chi connectivity index (χ0v) is 13.5. The minimum absolute atomic E-state index is 0.136. The summed E-state index contributed by atoms with van der Waals surface area (Å²) < 4.78 is 31.0. The van der Waals surface area contributed by atoms with E-state index >= 15 is 0 Å². The normalized spacial score (nSPS) is 10.6. The fourth-order valence-corrected chi connectivity index (χ4v) is 2.74. The van der Waals surface area contributed by atoms with Crippen LogP contribution >= 0.6 is 11.8 Å². The average molecular weight is 337 g/mol. The smallest absolute Gasteiger partial charge is 0.230 e. The quantitative estimate of drug-likeness (QED) is 0.786. The fourth-order valence-electron chi connectivity index (χ4n) is 1.99. The lowest BCUT2D eigenvalue weighted by Crippen LogP contribution is -2.25. The third-order valence-electron chi connectivity index (χ3n) is 3.16. The van der Waals surface area contributed by atoms with Gasteiger partial charge in [-0.1, -0.05) is 24.3 Å². The van der Waals surface area contributed by atoms with Crippen LogP contribution < -0.4 is 5.32 Å². The summed E-state index contributed by atoms with van der Waals surface area (Å²) in [4.78, 5) is 12.4. The van der Waals surface area contributed by atoms with E-state index in [-0.39, 0.29) is 11.7 Å². The standard InChI is InChI=1S/C17H17F2NO2S/c1-22-10-13-5-3-2-4-12(13)9-20-17(21)11-23-14-6-7-15(18)16(19)8-14/h2-8H,9-11H2,1H3,(H,20,21). The van der Waals surface area contributed by atoms with Crippen LogP contribution in [-0.2, 0) is 22.7 Å². The van der Waals surface area contributed by atoms with Gasteiger partial charge in [-0.2, -0.15) is 0 Å². The summed E-state index contributed by atoms with van der Waals surface area (Å²) in [6.07, 6.45) is 0. The fraction of sp³-hybridized carbons (Fsp3) is 0.235. The second-order valence-corrected chi connectivity index (χ2v) is 5.89. The predicted octanol–water partition coefficient (Wildman–Crippen LogP) is 3.52. The summed E-state index contributed by atoms with van der Waals surface area (Å²) in [6, 6.07) is 11.3. The summed E-state index contributed by atoms with van der Waals surface area (Å²) >= 11 is 1.16. The molecule has 6 heteroatoms. The van der Waals surface area contributed by atoms with Crippen molar-refractivity contribution in [3.05, 3.63) is 65.2 Å². The Hall–Kier alpha value is -1.92. The Bertz CT molecular complexity index is 679. The molecular formula is C17H17F2NO2S. The van der Waals surface area contributed by atoms with Gasteiger partial charge in [-0.3, -0.25) is 4.79 Å². The highest BCUT2D eigenvalue weighted by atomic mass is 32.2. The van der Waals surface area contributed by atoms with Crippen LogP contribution in [0.1, 0.15) is 11.1 Å². The van der Waals surface area contributed by atoms with Gasteiger partial charge in [-0.25, -0.2) is 8.78 Å². The van der Waals surface area contributed by atoms with Gasteiger partial charge in [0.2, 0.25) is 5.91 Å². The second-order valence-electron chi connectivity index (χ2n) is 4.84. The number of ether oxygens (including phenoxy) is 1. The van der Waals surface area contributed by atoms with Crippen LogP contribution in [0.3, 0.4) is 0 Å². The predicted molar refractivity (Wildman–Crippen MR) is 86.1 cm³/mol. The van der Waals surface area contributed by atoms with Crippen molar-refractivity contribution in [2.45, 2.75) is 18.0 Å². The van der Waals surface area contributed by atoms with E-state index < -0.39 is 11.6 Å². The van der Waals surface area contributed by atoms with Gasteiger partial charge >= 0.3 is 0 Å². The van der Waals surface area contributed by atoms with Crippen molar-refractivity contribution in [3.8, 4) is 0 Å². The third kappa shape index (κ3) is 5.33. The van der Waals surface area contributed by atoms with E-state index in [0.717, 1.165) is 35.0 Å². The minimum Gasteiger partial charge on any atom is -0.380 e. The molecule has 0 fully saturated rings. The average Bonchev–Trinajstić information content (AvgIpc) is 2.55. The molecule has 0 radical (unpaired) electrons. The molecule has 122 valence electrons. The van der Waals surface area contributed by atoms with E-state index in [2.05, 4.69) is 5.32 Å². The molecule has 0 aromatic heterocycles. The molecule has 0 atom stereocenters. The Kier molecular flexibility index (Phi) is 6.55. The van der Waals surface area contributed by atoms with Gasteiger partial charge in [0.05, 0.1) is 12.4 Å². The number of carbonyl (C=O) groups is 1. The maximum Gasteiger partial charge on any atom is 0.230 e. The molecule has 0 aliphatic carbocycles. The third-order valence-corrected chi connectivity index (χ3v) is 4.15. The van der Waals surface area contributed by atoms with E-state index in [0.29, 0.717) is 18.0 Å². The molecule has 0 bridgehead atoms. The Morgan fingerprint density at radius 2 is 1.87 bits per heavy atom. The molecule has 0 saturated heterocycles. The first kappa shape index (κ1) is 17.4. The Labute approximate surface area is 138 Å². The number of amides is 1. The summed E-state index contributed by atoms with van der Waals surface area (Å²) in [7, 11) is 1.62. The summed E-state index contributed by atoms with van der Waals surface area (Å²) in [5.74, 6) is -1.85. The number of hydrogen-bond donors (Lipinski definition) is 1. The zero-order chi connectivity index (χ0) is 16.7.